The molecule has 1 heterocycles. The molecule has 0 aliphatic rings. The molecule has 4 heteroatoms. The van der Waals surface area contributed by atoms with E-state index in [-0.39, 0.29) is 0 Å². The summed E-state index contributed by atoms with van der Waals surface area (Å²) in [5.74, 6) is 1.39. The first-order chi connectivity index (χ1) is 10.8. The summed E-state index contributed by atoms with van der Waals surface area (Å²) in [6.07, 6.45) is 0. The van der Waals surface area contributed by atoms with Gasteiger partial charge < -0.3 is 9.15 Å². The van der Waals surface area contributed by atoms with E-state index in [4.69, 9.17) is 9.15 Å². The van der Waals surface area contributed by atoms with Crippen molar-refractivity contribution in [1.29, 1.82) is 0 Å². The van der Waals surface area contributed by atoms with Gasteiger partial charge >= 0.3 is 0 Å². The highest BCUT2D eigenvalue weighted by Crippen LogP contribution is 2.33. The van der Waals surface area contributed by atoms with Gasteiger partial charge in [0, 0.05) is 10.9 Å². The van der Waals surface area contributed by atoms with Crippen molar-refractivity contribution in [3.8, 4) is 17.2 Å². The van der Waals surface area contributed by atoms with Gasteiger partial charge in [-0.05, 0) is 45.6 Å². The Morgan fingerprint density at radius 3 is 2.73 bits per heavy atom. The Balaban J connectivity index is 1.92. The normalized spacial score (nSPS) is 11.2. The lowest BCUT2D eigenvalue weighted by Crippen LogP contribution is -1.85. The van der Waals surface area contributed by atoms with Crippen molar-refractivity contribution in [3.63, 3.8) is 0 Å². The smallest absolute Gasteiger partial charge is 0.227 e. The van der Waals surface area contributed by atoms with E-state index in [0.29, 0.717) is 5.89 Å². The van der Waals surface area contributed by atoms with Crippen molar-refractivity contribution in [2.24, 2.45) is 0 Å². The number of hydrogen-bond donors (Lipinski definition) is 0. The molecular weight excluding hydrogens is 342 g/mol. The summed E-state index contributed by atoms with van der Waals surface area (Å²) in [5, 5.41) is 2.26. The SMILES string of the molecule is COc1ccc(-c2nc3c(ccc4ccccc43)o2)cc1Br. The summed E-state index contributed by atoms with van der Waals surface area (Å²) < 4.78 is 12.0. The molecule has 4 aromatic rings. The second-order valence-electron chi connectivity index (χ2n) is 5.00. The number of halogens is 1. The molecule has 4 rings (SSSR count). The molecule has 1 aromatic heterocycles. The Morgan fingerprint density at radius 2 is 1.91 bits per heavy atom. The number of methoxy groups -OCH3 is 1. The van der Waals surface area contributed by atoms with Gasteiger partial charge in [-0.2, -0.15) is 0 Å². The van der Waals surface area contributed by atoms with E-state index in [9.17, 15) is 0 Å². The van der Waals surface area contributed by atoms with Crippen LogP contribution in [0.2, 0.25) is 0 Å². The quantitative estimate of drug-likeness (QED) is 0.482. The monoisotopic (exact) mass is 353 g/mol. The van der Waals surface area contributed by atoms with E-state index < -0.39 is 0 Å². The minimum absolute atomic E-state index is 0.606. The van der Waals surface area contributed by atoms with Crippen LogP contribution in [-0.2, 0) is 0 Å². The summed E-state index contributed by atoms with van der Waals surface area (Å²) in [5.41, 5.74) is 2.59. The number of nitrogens with zero attached hydrogens (tertiary/aromatic N) is 1. The first-order valence-corrected chi connectivity index (χ1v) is 7.68. The van der Waals surface area contributed by atoms with Gasteiger partial charge in [0.15, 0.2) is 5.58 Å². The van der Waals surface area contributed by atoms with Crippen LogP contribution in [0.25, 0.3) is 33.3 Å². The van der Waals surface area contributed by atoms with Crippen LogP contribution >= 0.6 is 15.9 Å². The van der Waals surface area contributed by atoms with Gasteiger partial charge in [0.1, 0.15) is 11.3 Å². The van der Waals surface area contributed by atoms with E-state index in [0.717, 1.165) is 37.7 Å². The Morgan fingerprint density at radius 1 is 1.05 bits per heavy atom. The molecule has 0 N–H and O–H groups in total. The van der Waals surface area contributed by atoms with Crippen molar-refractivity contribution in [1.82, 2.24) is 4.98 Å². The molecule has 0 atom stereocenters. The largest absolute Gasteiger partial charge is 0.496 e. The lowest BCUT2D eigenvalue weighted by atomic mass is 10.1. The zero-order chi connectivity index (χ0) is 15.1. The van der Waals surface area contributed by atoms with Crippen molar-refractivity contribution < 1.29 is 9.15 Å². The maximum absolute atomic E-state index is 5.92. The van der Waals surface area contributed by atoms with Crippen LogP contribution < -0.4 is 4.74 Å². The molecule has 0 amide bonds. The van der Waals surface area contributed by atoms with Crippen LogP contribution in [0.1, 0.15) is 0 Å². The van der Waals surface area contributed by atoms with Crippen LogP contribution in [0, 0.1) is 0 Å². The van der Waals surface area contributed by atoms with Crippen LogP contribution in [0.4, 0.5) is 0 Å². The molecule has 0 fully saturated rings. The second kappa shape index (κ2) is 5.14. The van der Waals surface area contributed by atoms with Crippen molar-refractivity contribution in [2.75, 3.05) is 7.11 Å². The third kappa shape index (κ3) is 2.07. The van der Waals surface area contributed by atoms with Crippen LogP contribution in [0.5, 0.6) is 5.75 Å². The van der Waals surface area contributed by atoms with Crippen LogP contribution in [0.3, 0.4) is 0 Å². The molecule has 0 saturated carbocycles. The van der Waals surface area contributed by atoms with E-state index in [1.54, 1.807) is 7.11 Å². The maximum Gasteiger partial charge on any atom is 0.227 e. The van der Waals surface area contributed by atoms with Gasteiger partial charge in [0.05, 0.1) is 11.6 Å². The summed E-state index contributed by atoms with van der Waals surface area (Å²) in [7, 11) is 1.64. The molecule has 0 unspecified atom stereocenters. The molecule has 0 aliphatic heterocycles. The molecule has 0 spiro atoms. The highest BCUT2D eigenvalue weighted by Gasteiger charge is 2.12. The maximum atomic E-state index is 5.92. The number of ether oxygens (including phenoxy) is 1. The number of benzene rings is 3. The summed E-state index contributed by atoms with van der Waals surface area (Å²) in [4.78, 5) is 4.68. The van der Waals surface area contributed by atoms with Gasteiger partial charge in [-0.3, -0.25) is 0 Å². The number of rotatable bonds is 2. The summed E-state index contributed by atoms with van der Waals surface area (Å²) in [6.45, 7) is 0. The van der Waals surface area contributed by atoms with Gasteiger partial charge in [-0.15, -0.1) is 0 Å². The van der Waals surface area contributed by atoms with E-state index in [2.05, 4.69) is 39.1 Å². The Hall–Kier alpha value is -2.33. The molecule has 0 saturated heterocycles. The minimum Gasteiger partial charge on any atom is -0.496 e. The van der Waals surface area contributed by atoms with Crippen LogP contribution in [-0.4, -0.2) is 12.1 Å². The third-order valence-electron chi connectivity index (χ3n) is 3.68. The third-order valence-corrected chi connectivity index (χ3v) is 4.30. The fraction of sp³-hybridized carbons (Fsp3) is 0.0556. The molecule has 22 heavy (non-hydrogen) atoms. The summed E-state index contributed by atoms with van der Waals surface area (Å²) >= 11 is 3.49. The molecule has 3 aromatic carbocycles. The number of oxazole rings is 1. The van der Waals surface area contributed by atoms with Gasteiger partial charge in [0.25, 0.3) is 0 Å². The molecule has 108 valence electrons. The summed E-state index contributed by atoms with van der Waals surface area (Å²) in [6, 6.07) is 18.0. The second-order valence-corrected chi connectivity index (χ2v) is 5.86. The molecule has 0 bridgehead atoms. The average Bonchev–Trinajstić information content (AvgIpc) is 2.99. The Kier molecular flexibility index (Phi) is 3.12. The van der Waals surface area contributed by atoms with E-state index in [1.165, 1.54) is 0 Å². The zero-order valence-corrected chi connectivity index (χ0v) is 13.4. The van der Waals surface area contributed by atoms with Crippen molar-refractivity contribution >= 4 is 37.8 Å². The lowest BCUT2D eigenvalue weighted by Gasteiger charge is -2.03. The Bertz CT molecular complexity index is 991. The van der Waals surface area contributed by atoms with Gasteiger partial charge in [-0.25, -0.2) is 4.98 Å². The van der Waals surface area contributed by atoms with Crippen LogP contribution in [0.15, 0.2) is 63.5 Å². The molecule has 3 nitrogen and oxygen atoms in total. The predicted octanol–water partition coefficient (Wildman–Crippen LogP) is 5.42. The van der Waals surface area contributed by atoms with Gasteiger partial charge in [0.2, 0.25) is 5.89 Å². The molecule has 0 radical (unpaired) electrons. The first-order valence-electron chi connectivity index (χ1n) is 6.88. The number of fused-ring (bicyclic) bond motifs is 3. The van der Waals surface area contributed by atoms with Crippen molar-refractivity contribution in [3.05, 3.63) is 59.1 Å². The fourth-order valence-electron chi connectivity index (χ4n) is 2.58. The Labute approximate surface area is 135 Å². The number of aromatic nitrogens is 1. The fourth-order valence-corrected chi connectivity index (χ4v) is 3.12. The highest BCUT2D eigenvalue weighted by atomic mass is 79.9. The van der Waals surface area contributed by atoms with Gasteiger partial charge in [-0.1, -0.05) is 30.3 Å². The zero-order valence-electron chi connectivity index (χ0n) is 11.8. The van der Waals surface area contributed by atoms with E-state index >= 15 is 0 Å². The average molecular weight is 354 g/mol. The first kappa shape index (κ1) is 13.3. The minimum atomic E-state index is 0.606. The number of hydrogen-bond acceptors (Lipinski definition) is 3. The molecule has 0 aliphatic carbocycles. The van der Waals surface area contributed by atoms with E-state index in [1.807, 2.05) is 36.4 Å². The van der Waals surface area contributed by atoms with Crippen molar-refractivity contribution in [2.45, 2.75) is 0 Å². The highest BCUT2D eigenvalue weighted by molar-refractivity contribution is 9.10. The standard InChI is InChI=1S/C18H12BrNO2/c1-21-15-8-7-12(10-14(15)19)18-20-17-13-5-3-2-4-11(13)6-9-16(17)22-18/h2-10H,1H3. The molecular formula is C18H12BrNO2. The topological polar surface area (TPSA) is 35.3 Å². The lowest BCUT2D eigenvalue weighted by molar-refractivity contribution is 0.412. The predicted molar refractivity (Wildman–Crippen MR) is 91.2 cm³/mol.